The van der Waals surface area contributed by atoms with Crippen molar-refractivity contribution in [2.24, 2.45) is 23.7 Å². The predicted molar refractivity (Wildman–Crippen MR) is 57.0 cm³/mol. The van der Waals surface area contributed by atoms with E-state index in [1.807, 2.05) is 0 Å². The summed E-state index contributed by atoms with van der Waals surface area (Å²) in [5, 5.41) is 3.96. The molecule has 0 amide bonds. The van der Waals surface area contributed by atoms with Gasteiger partial charge in [0.05, 0.1) is 0 Å². The van der Waals surface area contributed by atoms with E-state index in [4.69, 9.17) is 0 Å². The lowest BCUT2D eigenvalue weighted by molar-refractivity contribution is 0.176. The van der Waals surface area contributed by atoms with Gasteiger partial charge in [-0.1, -0.05) is 6.42 Å². The van der Waals surface area contributed by atoms with E-state index in [0.717, 1.165) is 35.8 Å². The Morgan fingerprint density at radius 2 is 1.50 bits per heavy atom. The minimum atomic E-state index is 0.943. The van der Waals surface area contributed by atoms with Gasteiger partial charge in [-0.15, -0.1) is 0 Å². The highest BCUT2D eigenvalue weighted by Gasteiger charge is 2.54. The van der Waals surface area contributed by atoms with Crippen LogP contribution in [-0.2, 0) is 0 Å². The van der Waals surface area contributed by atoms with Gasteiger partial charge in [-0.3, -0.25) is 0 Å². The molecule has 4 aliphatic rings. The van der Waals surface area contributed by atoms with E-state index in [9.17, 15) is 0 Å². The summed E-state index contributed by atoms with van der Waals surface area (Å²) < 4.78 is 0. The molecule has 78 valence electrons. The molecule has 0 aromatic rings. The summed E-state index contributed by atoms with van der Waals surface area (Å²) in [5.74, 6) is 4.45. The van der Waals surface area contributed by atoms with E-state index >= 15 is 0 Å². The zero-order chi connectivity index (χ0) is 9.12. The van der Waals surface area contributed by atoms with Gasteiger partial charge in [-0.2, -0.15) is 0 Å². The van der Waals surface area contributed by atoms with Gasteiger partial charge in [0.25, 0.3) is 0 Å². The van der Waals surface area contributed by atoms with Gasteiger partial charge >= 0.3 is 0 Å². The maximum absolute atomic E-state index is 3.96. The summed E-state index contributed by atoms with van der Waals surface area (Å²) in [6, 6.07) is 1.91. The zero-order valence-corrected chi connectivity index (χ0v) is 8.91. The number of hydrogen-bond acceptors (Lipinski definition) is 1. The summed E-state index contributed by atoms with van der Waals surface area (Å²) in [6.45, 7) is 0. The summed E-state index contributed by atoms with van der Waals surface area (Å²) in [7, 11) is 0. The van der Waals surface area contributed by atoms with Gasteiger partial charge in [0.2, 0.25) is 0 Å². The third kappa shape index (κ3) is 1.11. The lowest BCUT2D eigenvalue weighted by atomic mass is 9.76. The van der Waals surface area contributed by atoms with Crippen molar-refractivity contribution in [2.75, 3.05) is 0 Å². The third-order valence-electron chi connectivity index (χ3n) is 5.37. The van der Waals surface area contributed by atoms with E-state index in [1.165, 1.54) is 32.1 Å². The topological polar surface area (TPSA) is 12.0 Å². The van der Waals surface area contributed by atoms with Crippen LogP contribution in [0.25, 0.3) is 0 Å². The molecular formula is C13H21N. The molecule has 4 rings (SSSR count). The number of nitrogens with one attached hydrogen (secondary N) is 1. The monoisotopic (exact) mass is 191 g/mol. The molecule has 1 nitrogen and oxygen atoms in total. The fourth-order valence-corrected chi connectivity index (χ4v) is 4.14. The van der Waals surface area contributed by atoms with Gasteiger partial charge in [0.15, 0.2) is 0 Å². The molecule has 4 fully saturated rings. The lowest BCUT2D eigenvalue weighted by Gasteiger charge is -2.38. The smallest absolute Gasteiger partial charge is 0.0133 e. The van der Waals surface area contributed by atoms with Crippen molar-refractivity contribution in [3.63, 3.8) is 0 Å². The van der Waals surface area contributed by atoms with Crippen molar-refractivity contribution in [3.05, 3.63) is 0 Å². The van der Waals surface area contributed by atoms with Crippen molar-refractivity contribution in [1.29, 1.82) is 0 Å². The first-order valence-corrected chi connectivity index (χ1v) is 6.69. The molecule has 0 saturated heterocycles. The highest BCUT2D eigenvalue weighted by molar-refractivity contribution is 5.09. The van der Waals surface area contributed by atoms with Crippen LogP contribution >= 0.6 is 0 Å². The summed E-state index contributed by atoms with van der Waals surface area (Å²) in [4.78, 5) is 0. The highest BCUT2D eigenvalue weighted by atomic mass is 15.0. The van der Waals surface area contributed by atoms with Crippen LogP contribution < -0.4 is 5.32 Å². The van der Waals surface area contributed by atoms with Crippen LogP contribution in [0.15, 0.2) is 0 Å². The molecule has 4 saturated carbocycles. The molecule has 1 heteroatoms. The predicted octanol–water partition coefficient (Wildman–Crippen LogP) is 2.56. The molecule has 0 radical (unpaired) electrons. The van der Waals surface area contributed by atoms with Crippen LogP contribution in [0.1, 0.15) is 44.9 Å². The maximum Gasteiger partial charge on any atom is 0.0133 e. The molecule has 0 aliphatic heterocycles. The summed E-state index contributed by atoms with van der Waals surface area (Å²) in [6.07, 6.45) is 10.7. The minimum Gasteiger partial charge on any atom is -0.310 e. The van der Waals surface area contributed by atoms with Crippen LogP contribution in [0.5, 0.6) is 0 Å². The molecule has 1 N–H and O–H groups in total. The van der Waals surface area contributed by atoms with Crippen molar-refractivity contribution >= 4 is 0 Å². The Balaban J connectivity index is 1.33. The van der Waals surface area contributed by atoms with E-state index in [-0.39, 0.29) is 0 Å². The van der Waals surface area contributed by atoms with Crippen molar-refractivity contribution in [2.45, 2.75) is 57.0 Å². The second-order valence-corrected chi connectivity index (χ2v) is 6.14. The largest absolute Gasteiger partial charge is 0.310 e. The van der Waals surface area contributed by atoms with Crippen LogP contribution in [0.3, 0.4) is 0 Å². The van der Waals surface area contributed by atoms with Crippen LogP contribution in [0, 0.1) is 23.7 Å². The Kier molecular flexibility index (Phi) is 1.60. The average molecular weight is 191 g/mol. The number of fused-ring (bicyclic) bond motifs is 1. The third-order valence-corrected chi connectivity index (χ3v) is 5.37. The van der Waals surface area contributed by atoms with Gasteiger partial charge < -0.3 is 5.32 Å². The molecule has 0 aromatic heterocycles. The second kappa shape index (κ2) is 2.75. The van der Waals surface area contributed by atoms with Gasteiger partial charge in [-0.25, -0.2) is 0 Å². The number of hydrogen-bond donors (Lipinski definition) is 1. The Morgan fingerprint density at radius 3 is 2.07 bits per heavy atom. The average Bonchev–Trinajstić information content (AvgIpc) is 3.03. The van der Waals surface area contributed by atoms with Crippen LogP contribution in [0.2, 0.25) is 0 Å². The van der Waals surface area contributed by atoms with Crippen LogP contribution in [-0.4, -0.2) is 12.1 Å². The first-order valence-electron chi connectivity index (χ1n) is 6.69. The Bertz CT molecular complexity index is 236. The quantitative estimate of drug-likeness (QED) is 0.723. The van der Waals surface area contributed by atoms with E-state index < -0.39 is 0 Å². The molecule has 4 unspecified atom stereocenters. The molecular weight excluding hydrogens is 170 g/mol. The lowest BCUT2D eigenvalue weighted by Crippen LogP contribution is -2.46. The van der Waals surface area contributed by atoms with Gasteiger partial charge in [0, 0.05) is 12.1 Å². The van der Waals surface area contributed by atoms with Crippen LogP contribution in [0.4, 0.5) is 0 Å². The normalized spacial score (nSPS) is 55.3. The SMILES string of the molecule is C1CC2C(C1)C2NC1CCC1C1CC1. The Hall–Kier alpha value is -0.0400. The molecule has 4 aliphatic carbocycles. The van der Waals surface area contributed by atoms with E-state index in [1.54, 1.807) is 12.8 Å². The second-order valence-electron chi connectivity index (χ2n) is 6.14. The molecule has 0 spiro atoms. The molecule has 14 heavy (non-hydrogen) atoms. The zero-order valence-electron chi connectivity index (χ0n) is 8.91. The molecule has 0 heterocycles. The molecule has 0 bridgehead atoms. The Labute approximate surface area is 86.6 Å². The minimum absolute atomic E-state index is 0.943. The fraction of sp³-hybridized carbons (Fsp3) is 1.00. The standard InChI is InChI=1S/C13H21N/c1-2-10-11(3-1)13(10)14-12-7-6-9(12)8-4-5-8/h8-14H,1-7H2. The first-order chi connectivity index (χ1) is 6.93. The van der Waals surface area contributed by atoms with Crippen molar-refractivity contribution in [3.8, 4) is 0 Å². The first kappa shape index (κ1) is 8.15. The molecule has 0 aromatic carbocycles. The fourth-order valence-electron chi connectivity index (χ4n) is 4.14. The van der Waals surface area contributed by atoms with Gasteiger partial charge in [-0.05, 0) is 62.2 Å². The summed E-state index contributed by atoms with van der Waals surface area (Å²) >= 11 is 0. The molecule has 4 atom stereocenters. The number of rotatable bonds is 3. The van der Waals surface area contributed by atoms with Crippen molar-refractivity contribution < 1.29 is 0 Å². The van der Waals surface area contributed by atoms with E-state index in [0.29, 0.717) is 0 Å². The van der Waals surface area contributed by atoms with Gasteiger partial charge in [0.1, 0.15) is 0 Å². The van der Waals surface area contributed by atoms with E-state index in [2.05, 4.69) is 5.32 Å². The van der Waals surface area contributed by atoms with Crippen molar-refractivity contribution in [1.82, 2.24) is 5.32 Å². The highest BCUT2D eigenvalue weighted by Crippen LogP contribution is 2.54. The maximum atomic E-state index is 3.96. The Morgan fingerprint density at radius 1 is 0.714 bits per heavy atom. The summed E-state index contributed by atoms with van der Waals surface area (Å²) in [5.41, 5.74) is 0.